The van der Waals surface area contributed by atoms with Gasteiger partial charge in [0, 0.05) is 19.0 Å². The Morgan fingerprint density at radius 2 is 1.83 bits per heavy atom. The Labute approximate surface area is 107 Å². The molecule has 0 radical (unpaired) electrons. The molecule has 96 valence electrons. The summed E-state index contributed by atoms with van der Waals surface area (Å²) in [5.41, 5.74) is 0.977. The molecule has 1 saturated heterocycles. The van der Waals surface area contributed by atoms with Crippen molar-refractivity contribution in [3.8, 4) is 0 Å². The van der Waals surface area contributed by atoms with E-state index in [-0.39, 0.29) is 18.0 Å². The first-order chi connectivity index (χ1) is 8.59. The minimum Gasteiger partial charge on any atom is -0.321 e. The summed E-state index contributed by atoms with van der Waals surface area (Å²) >= 11 is 0. The molecule has 4 nitrogen and oxygen atoms in total. The van der Waals surface area contributed by atoms with E-state index in [4.69, 9.17) is 0 Å². The number of urea groups is 1. The maximum atomic E-state index is 12.2. The van der Waals surface area contributed by atoms with Crippen LogP contribution < -0.4 is 0 Å². The second kappa shape index (κ2) is 5.21. The van der Waals surface area contributed by atoms with Crippen LogP contribution in [0.3, 0.4) is 0 Å². The lowest BCUT2D eigenvalue weighted by atomic mass is 10.1. The Morgan fingerprint density at radius 3 is 2.44 bits per heavy atom. The zero-order chi connectivity index (χ0) is 13.1. The van der Waals surface area contributed by atoms with Crippen molar-refractivity contribution in [2.45, 2.75) is 32.9 Å². The molecular formula is C14H18N2O2. The summed E-state index contributed by atoms with van der Waals surface area (Å²) in [6.45, 7) is 4.82. The van der Waals surface area contributed by atoms with Crippen molar-refractivity contribution in [3.63, 3.8) is 0 Å². The molecule has 1 fully saturated rings. The Balaban J connectivity index is 2.14. The lowest BCUT2D eigenvalue weighted by Gasteiger charge is -2.36. The minimum absolute atomic E-state index is 0.0826. The number of imide groups is 1. The smallest absolute Gasteiger partial charge is 0.321 e. The average Bonchev–Trinajstić information content (AvgIpc) is 2.35. The summed E-state index contributed by atoms with van der Waals surface area (Å²) in [7, 11) is 0. The van der Waals surface area contributed by atoms with Crippen LogP contribution in [0.15, 0.2) is 30.3 Å². The van der Waals surface area contributed by atoms with E-state index in [0.29, 0.717) is 19.5 Å². The maximum absolute atomic E-state index is 12.2. The molecule has 3 amide bonds. The van der Waals surface area contributed by atoms with Crippen molar-refractivity contribution in [3.05, 3.63) is 35.9 Å². The standard InChI is InChI=1S/C14H18N2O2/c1-11(2)15-9-8-13(17)16(14(15)18)10-12-6-4-3-5-7-12/h3-7,11H,8-10H2,1-2H3. The fraction of sp³-hybridized carbons (Fsp3) is 0.429. The highest BCUT2D eigenvalue weighted by molar-refractivity contribution is 5.96. The van der Waals surface area contributed by atoms with E-state index in [1.807, 2.05) is 44.2 Å². The first-order valence-corrected chi connectivity index (χ1v) is 6.24. The number of hydrogen-bond acceptors (Lipinski definition) is 2. The number of hydrogen-bond donors (Lipinski definition) is 0. The van der Waals surface area contributed by atoms with Gasteiger partial charge in [0.05, 0.1) is 6.54 Å². The Hall–Kier alpha value is -1.84. The summed E-state index contributed by atoms with van der Waals surface area (Å²) in [5, 5.41) is 0. The van der Waals surface area contributed by atoms with Crippen LogP contribution in [-0.2, 0) is 11.3 Å². The van der Waals surface area contributed by atoms with E-state index < -0.39 is 0 Å². The molecule has 0 aromatic heterocycles. The second-order valence-corrected chi connectivity index (χ2v) is 4.79. The van der Waals surface area contributed by atoms with E-state index in [1.54, 1.807) is 4.90 Å². The molecule has 1 aliphatic rings. The number of carbonyl (C=O) groups excluding carboxylic acids is 2. The van der Waals surface area contributed by atoms with Gasteiger partial charge < -0.3 is 4.90 Å². The Kier molecular flexibility index (Phi) is 3.65. The highest BCUT2D eigenvalue weighted by atomic mass is 16.2. The van der Waals surface area contributed by atoms with Gasteiger partial charge in [-0.25, -0.2) is 4.79 Å². The van der Waals surface area contributed by atoms with Crippen LogP contribution in [0.2, 0.25) is 0 Å². The van der Waals surface area contributed by atoms with Gasteiger partial charge in [0.1, 0.15) is 0 Å². The third kappa shape index (κ3) is 2.53. The van der Waals surface area contributed by atoms with Crippen molar-refractivity contribution >= 4 is 11.9 Å². The quantitative estimate of drug-likeness (QED) is 0.820. The topological polar surface area (TPSA) is 40.6 Å². The molecule has 1 heterocycles. The fourth-order valence-electron chi connectivity index (χ4n) is 2.11. The number of rotatable bonds is 3. The molecule has 0 bridgehead atoms. The molecular weight excluding hydrogens is 228 g/mol. The predicted octanol–water partition coefficient (Wildman–Crippen LogP) is 2.25. The van der Waals surface area contributed by atoms with Crippen LogP contribution in [0.5, 0.6) is 0 Å². The van der Waals surface area contributed by atoms with Gasteiger partial charge in [0.15, 0.2) is 0 Å². The van der Waals surface area contributed by atoms with Crippen LogP contribution >= 0.6 is 0 Å². The minimum atomic E-state index is -0.176. The van der Waals surface area contributed by atoms with Gasteiger partial charge in [-0.05, 0) is 19.4 Å². The largest absolute Gasteiger partial charge is 0.327 e. The highest BCUT2D eigenvalue weighted by Gasteiger charge is 2.32. The first-order valence-electron chi connectivity index (χ1n) is 6.24. The third-order valence-corrected chi connectivity index (χ3v) is 3.15. The van der Waals surface area contributed by atoms with Gasteiger partial charge >= 0.3 is 6.03 Å². The van der Waals surface area contributed by atoms with E-state index in [9.17, 15) is 9.59 Å². The van der Waals surface area contributed by atoms with E-state index in [0.717, 1.165) is 5.56 Å². The molecule has 0 aliphatic carbocycles. The molecule has 1 aromatic carbocycles. The molecule has 2 rings (SSSR count). The maximum Gasteiger partial charge on any atom is 0.327 e. The van der Waals surface area contributed by atoms with Crippen molar-refractivity contribution in [2.75, 3.05) is 6.54 Å². The lowest BCUT2D eigenvalue weighted by molar-refractivity contribution is -0.131. The molecule has 0 unspecified atom stereocenters. The highest BCUT2D eigenvalue weighted by Crippen LogP contribution is 2.16. The lowest BCUT2D eigenvalue weighted by Crippen LogP contribution is -2.53. The van der Waals surface area contributed by atoms with Crippen molar-refractivity contribution in [1.29, 1.82) is 0 Å². The van der Waals surface area contributed by atoms with E-state index in [1.165, 1.54) is 4.90 Å². The molecule has 4 heteroatoms. The number of nitrogens with zero attached hydrogens (tertiary/aromatic N) is 2. The molecule has 18 heavy (non-hydrogen) atoms. The Bertz CT molecular complexity index is 442. The molecule has 0 saturated carbocycles. The van der Waals surface area contributed by atoms with Gasteiger partial charge in [0.2, 0.25) is 5.91 Å². The summed E-state index contributed by atoms with van der Waals surface area (Å²) in [6.07, 6.45) is 0.413. The molecule has 0 N–H and O–H groups in total. The molecule has 0 spiro atoms. The van der Waals surface area contributed by atoms with Gasteiger partial charge in [-0.1, -0.05) is 30.3 Å². The van der Waals surface area contributed by atoms with Crippen LogP contribution in [0.1, 0.15) is 25.8 Å². The van der Waals surface area contributed by atoms with E-state index in [2.05, 4.69) is 0 Å². The predicted molar refractivity (Wildman–Crippen MR) is 68.8 cm³/mol. The molecule has 1 aliphatic heterocycles. The van der Waals surface area contributed by atoms with Gasteiger partial charge in [-0.15, -0.1) is 0 Å². The number of carbonyl (C=O) groups is 2. The fourth-order valence-corrected chi connectivity index (χ4v) is 2.11. The second-order valence-electron chi connectivity index (χ2n) is 4.79. The Morgan fingerprint density at radius 1 is 1.17 bits per heavy atom. The first kappa shape index (κ1) is 12.6. The zero-order valence-corrected chi connectivity index (χ0v) is 10.8. The molecule has 0 atom stereocenters. The van der Waals surface area contributed by atoms with Gasteiger partial charge in [-0.3, -0.25) is 9.69 Å². The van der Waals surface area contributed by atoms with Crippen molar-refractivity contribution < 1.29 is 9.59 Å². The van der Waals surface area contributed by atoms with Crippen molar-refractivity contribution in [2.24, 2.45) is 0 Å². The van der Waals surface area contributed by atoms with Crippen LogP contribution in [-0.4, -0.2) is 34.3 Å². The monoisotopic (exact) mass is 246 g/mol. The van der Waals surface area contributed by atoms with E-state index >= 15 is 0 Å². The van der Waals surface area contributed by atoms with Crippen LogP contribution in [0.4, 0.5) is 4.79 Å². The summed E-state index contributed by atoms with van der Waals surface area (Å²) in [5.74, 6) is -0.0826. The summed E-state index contributed by atoms with van der Waals surface area (Å²) in [6, 6.07) is 9.55. The number of benzene rings is 1. The third-order valence-electron chi connectivity index (χ3n) is 3.15. The average molecular weight is 246 g/mol. The van der Waals surface area contributed by atoms with Crippen LogP contribution in [0.25, 0.3) is 0 Å². The van der Waals surface area contributed by atoms with Crippen molar-refractivity contribution in [1.82, 2.24) is 9.80 Å². The zero-order valence-electron chi connectivity index (χ0n) is 10.8. The SMILES string of the molecule is CC(C)N1CCC(=O)N(Cc2ccccc2)C1=O. The van der Waals surface area contributed by atoms with Crippen LogP contribution in [0, 0.1) is 0 Å². The summed E-state index contributed by atoms with van der Waals surface area (Å²) < 4.78 is 0. The van der Waals surface area contributed by atoms with Gasteiger partial charge in [0.25, 0.3) is 0 Å². The normalized spacial score (nSPS) is 16.6. The molecule has 1 aromatic rings. The summed E-state index contributed by atoms with van der Waals surface area (Å²) in [4.78, 5) is 27.2. The number of amides is 3. The van der Waals surface area contributed by atoms with Gasteiger partial charge in [-0.2, -0.15) is 0 Å².